The number of benzene rings is 2. The Morgan fingerprint density at radius 3 is 2.52 bits per heavy atom. The van der Waals surface area contributed by atoms with Gasteiger partial charge >= 0.3 is 0 Å². The lowest BCUT2D eigenvalue weighted by atomic mass is 10.1. The quantitative estimate of drug-likeness (QED) is 0.754. The summed E-state index contributed by atoms with van der Waals surface area (Å²) >= 11 is 0. The van der Waals surface area contributed by atoms with E-state index in [1.54, 1.807) is 6.07 Å². The number of amides is 1. The molecule has 1 aliphatic heterocycles. The maximum absolute atomic E-state index is 13.7. The van der Waals surface area contributed by atoms with Gasteiger partial charge in [0.25, 0.3) is 0 Å². The topological polar surface area (TPSA) is 39.3 Å². The Kier molecular flexibility index (Phi) is 5.21. The number of piperazine rings is 1. The molecule has 27 heavy (non-hydrogen) atoms. The van der Waals surface area contributed by atoms with Gasteiger partial charge in [0.15, 0.2) is 0 Å². The third-order valence-corrected chi connectivity index (χ3v) is 5.40. The van der Waals surface area contributed by atoms with Crippen LogP contribution in [0.15, 0.2) is 54.7 Å². The molecule has 0 spiro atoms. The Hall–Kier alpha value is -2.66. The average Bonchev–Trinajstić information content (AvgIpc) is 3.11. The van der Waals surface area contributed by atoms with Crippen molar-refractivity contribution in [1.82, 2.24) is 14.8 Å². The molecule has 1 aromatic heterocycles. The van der Waals surface area contributed by atoms with E-state index in [1.165, 1.54) is 6.07 Å². The van der Waals surface area contributed by atoms with Crippen molar-refractivity contribution in [2.45, 2.75) is 12.8 Å². The molecule has 2 aromatic carbocycles. The number of nitrogens with zero attached hydrogens (tertiary/aromatic N) is 2. The van der Waals surface area contributed by atoms with Crippen molar-refractivity contribution in [2.75, 3.05) is 32.7 Å². The highest BCUT2D eigenvalue weighted by Gasteiger charge is 2.22. The van der Waals surface area contributed by atoms with E-state index >= 15 is 0 Å². The fraction of sp³-hybridized carbons (Fsp3) is 0.318. The SMILES string of the molecule is O=C(Cc1c[nH]c2ccccc12)N1CCN(CCc2ccccc2F)CC1. The second-order valence-corrected chi connectivity index (χ2v) is 7.10. The fourth-order valence-electron chi connectivity index (χ4n) is 3.75. The maximum Gasteiger partial charge on any atom is 0.227 e. The number of carbonyl (C=O) groups is 1. The highest BCUT2D eigenvalue weighted by atomic mass is 19.1. The second-order valence-electron chi connectivity index (χ2n) is 7.10. The van der Waals surface area contributed by atoms with Crippen molar-refractivity contribution < 1.29 is 9.18 Å². The highest BCUT2D eigenvalue weighted by molar-refractivity contribution is 5.88. The first-order valence-electron chi connectivity index (χ1n) is 9.49. The Labute approximate surface area is 158 Å². The number of hydrogen-bond donors (Lipinski definition) is 1. The molecule has 0 aliphatic carbocycles. The molecule has 1 fully saturated rings. The summed E-state index contributed by atoms with van der Waals surface area (Å²) in [6.07, 6.45) is 3.07. The largest absolute Gasteiger partial charge is 0.361 e. The van der Waals surface area contributed by atoms with E-state index < -0.39 is 0 Å². The van der Waals surface area contributed by atoms with Crippen molar-refractivity contribution >= 4 is 16.8 Å². The van der Waals surface area contributed by atoms with Gasteiger partial charge in [-0.05, 0) is 29.7 Å². The summed E-state index contributed by atoms with van der Waals surface area (Å²) < 4.78 is 13.7. The second kappa shape index (κ2) is 7.92. The van der Waals surface area contributed by atoms with E-state index in [9.17, 15) is 9.18 Å². The van der Waals surface area contributed by atoms with E-state index in [1.807, 2.05) is 41.4 Å². The Morgan fingerprint density at radius 1 is 0.963 bits per heavy atom. The number of rotatable bonds is 5. The lowest BCUT2D eigenvalue weighted by Gasteiger charge is -2.34. The average molecular weight is 365 g/mol. The molecule has 0 saturated carbocycles. The zero-order chi connectivity index (χ0) is 18.6. The number of halogens is 1. The van der Waals surface area contributed by atoms with Crippen LogP contribution in [0.5, 0.6) is 0 Å². The number of nitrogens with one attached hydrogen (secondary N) is 1. The number of para-hydroxylation sites is 1. The molecular weight excluding hydrogens is 341 g/mol. The molecule has 1 aliphatic rings. The molecule has 0 unspecified atom stereocenters. The Bertz CT molecular complexity index is 928. The molecule has 0 bridgehead atoms. The summed E-state index contributed by atoms with van der Waals surface area (Å²) in [5.41, 5.74) is 2.88. The number of aromatic amines is 1. The van der Waals surface area contributed by atoms with Crippen molar-refractivity contribution in [3.63, 3.8) is 0 Å². The first kappa shape index (κ1) is 17.7. The van der Waals surface area contributed by atoms with Gasteiger partial charge < -0.3 is 9.88 Å². The van der Waals surface area contributed by atoms with Gasteiger partial charge in [-0.2, -0.15) is 0 Å². The lowest BCUT2D eigenvalue weighted by molar-refractivity contribution is -0.132. The Balaban J connectivity index is 1.28. The van der Waals surface area contributed by atoms with Crippen LogP contribution in [0.25, 0.3) is 10.9 Å². The molecule has 0 atom stereocenters. The first-order chi connectivity index (χ1) is 13.2. The van der Waals surface area contributed by atoms with Gasteiger partial charge in [0.05, 0.1) is 6.42 Å². The summed E-state index contributed by atoms with van der Waals surface area (Å²) in [6, 6.07) is 15.0. The molecule has 1 N–H and O–H groups in total. The summed E-state index contributed by atoms with van der Waals surface area (Å²) in [5.74, 6) is 0.0403. The summed E-state index contributed by atoms with van der Waals surface area (Å²) in [7, 11) is 0. The molecule has 4 nitrogen and oxygen atoms in total. The number of H-pyrrole nitrogens is 1. The number of carbonyl (C=O) groups excluding carboxylic acids is 1. The zero-order valence-electron chi connectivity index (χ0n) is 15.3. The molecule has 0 radical (unpaired) electrons. The van der Waals surface area contributed by atoms with Gasteiger partial charge in [-0.25, -0.2) is 4.39 Å². The van der Waals surface area contributed by atoms with Crippen molar-refractivity contribution in [3.8, 4) is 0 Å². The van der Waals surface area contributed by atoms with Crippen LogP contribution in [0.1, 0.15) is 11.1 Å². The molecular formula is C22H24FN3O. The van der Waals surface area contributed by atoms with E-state index in [4.69, 9.17) is 0 Å². The third-order valence-electron chi connectivity index (χ3n) is 5.40. The fourth-order valence-corrected chi connectivity index (χ4v) is 3.75. The van der Waals surface area contributed by atoms with Crippen LogP contribution in [-0.4, -0.2) is 53.4 Å². The van der Waals surface area contributed by atoms with Crippen LogP contribution in [0.3, 0.4) is 0 Å². The maximum atomic E-state index is 13.7. The van der Waals surface area contributed by atoms with E-state index in [0.717, 1.165) is 54.8 Å². The minimum atomic E-state index is -0.134. The van der Waals surface area contributed by atoms with Crippen LogP contribution in [0.4, 0.5) is 4.39 Å². The molecule has 5 heteroatoms. The minimum absolute atomic E-state index is 0.134. The summed E-state index contributed by atoms with van der Waals surface area (Å²) in [5, 5.41) is 1.12. The predicted molar refractivity (Wildman–Crippen MR) is 105 cm³/mol. The van der Waals surface area contributed by atoms with Crippen molar-refractivity contribution in [3.05, 3.63) is 71.7 Å². The predicted octanol–water partition coefficient (Wildman–Crippen LogP) is 3.24. The zero-order valence-corrected chi connectivity index (χ0v) is 15.3. The third kappa shape index (κ3) is 4.03. The van der Waals surface area contributed by atoms with Gasteiger partial charge in [0.1, 0.15) is 5.82 Å². The van der Waals surface area contributed by atoms with Crippen LogP contribution in [0.2, 0.25) is 0 Å². The monoisotopic (exact) mass is 365 g/mol. The smallest absolute Gasteiger partial charge is 0.227 e. The first-order valence-corrected chi connectivity index (χ1v) is 9.49. The van der Waals surface area contributed by atoms with Gasteiger partial charge in [0.2, 0.25) is 5.91 Å². The normalized spacial score (nSPS) is 15.4. The molecule has 2 heterocycles. The summed E-state index contributed by atoms with van der Waals surface area (Å²) in [6.45, 7) is 3.98. The highest BCUT2D eigenvalue weighted by Crippen LogP contribution is 2.19. The number of fused-ring (bicyclic) bond motifs is 1. The van der Waals surface area contributed by atoms with E-state index in [-0.39, 0.29) is 11.7 Å². The van der Waals surface area contributed by atoms with E-state index in [2.05, 4.69) is 16.0 Å². The van der Waals surface area contributed by atoms with Crippen LogP contribution >= 0.6 is 0 Å². The molecule has 4 rings (SSSR count). The van der Waals surface area contributed by atoms with Gasteiger partial charge in [-0.3, -0.25) is 9.69 Å². The van der Waals surface area contributed by atoms with Crippen LogP contribution in [0, 0.1) is 5.82 Å². The molecule has 1 saturated heterocycles. The number of aromatic nitrogens is 1. The van der Waals surface area contributed by atoms with Crippen molar-refractivity contribution in [2.24, 2.45) is 0 Å². The Morgan fingerprint density at radius 2 is 1.70 bits per heavy atom. The van der Waals surface area contributed by atoms with Crippen LogP contribution < -0.4 is 0 Å². The van der Waals surface area contributed by atoms with Gasteiger partial charge in [-0.1, -0.05) is 36.4 Å². The van der Waals surface area contributed by atoms with Gasteiger partial charge in [0, 0.05) is 49.8 Å². The van der Waals surface area contributed by atoms with Crippen LogP contribution in [-0.2, 0) is 17.6 Å². The van der Waals surface area contributed by atoms with E-state index in [0.29, 0.717) is 12.8 Å². The molecule has 140 valence electrons. The standard InChI is InChI=1S/C22H24FN3O/c23-20-7-3-1-5-17(20)9-10-25-11-13-26(14-12-25)22(27)15-18-16-24-21-8-4-2-6-19(18)21/h1-8,16,24H,9-15H2. The summed E-state index contributed by atoms with van der Waals surface area (Å²) in [4.78, 5) is 20.2. The minimum Gasteiger partial charge on any atom is -0.361 e. The van der Waals surface area contributed by atoms with Crippen molar-refractivity contribution in [1.29, 1.82) is 0 Å². The number of hydrogen-bond acceptors (Lipinski definition) is 2. The lowest BCUT2D eigenvalue weighted by Crippen LogP contribution is -2.49. The molecule has 1 amide bonds. The molecule has 3 aromatic rings. The van der Waals surface area contributed by atoms with Gasteiger partial charge in [-0.15, -0.1) is 0 Å².